The van der Waals surface area contributed by atoms with Gasteiger partial charge in [0.2, 0.25) is 0 Å². The Kier molecular flexibility index (Phi) is 3.77. The van der Waals surface area contributed by atoms with Gasteiger partial charge in [0, 0.05) is 27.4 Å². The Labute approximate surface area is 151 Å². The molecule has 2 aromatic carbocycles. The number of ketones is 1. The molecule has 124 valence electrons. The molecule has 1 aromatic heterocycles. The molecular weight excluding hydrogens is 389 g/mol. The van der Waals surface area contributed by atoms with Crippen molar-refractivity contribution in [3.05, 3.63) is 75.6 Å². The van der Waals surface area contributed by atoms with E-state index in [4.69, 9.17) is 4.74 Å². The number of ether oxygens (including phenoxy) is 1. The van der Waals surface area contributed by atoms with Crippen LogP contribution in [0.25, 0.3) is 11.3 Å². The highest BCUT2D eigenvalue weighted by Crippen LogP contribution is 2.37. The van der Waals surface area contributed by atoms with E-state index in [0.717, 1.165) is 0 Å². The molecule has 0 radical (unpaired) electrons. The first kappa shape index (κ1) is 15.8. The molecule has 0 bridgehead atoms. The monoisotopic (exact) mass is 399 g/mol. The molecule has 0 amide bonds. The predicted octanol–water partition coefficient (Wildman–Crippen LogP) is 4.48. The first-order chi connectivity index (χ1) is 12.0. The van der Waals surface area contributed by atoms with Crippen LogP contribution in [0.5, 0.6) is 11.5 Å². The topological polar surface area (TPSA) is 59.4 Å². The van der Waals surface area contributed by atoms with Crippen LogP contribution in [0.2, 0.25) is 0 Å². The number of nitrogens with zero attached hydrogens (tertiary/aromatic N) is 1. The first-order valence-electron chi connectivity index (χ1n) is 7.48. The van der Waals surface area contributed by atoms with Crippen molar-refractivity contribution in [1.29, 1.82) is 0 Å². The maximum Gasteiger partial charge on any atom is 0.198 e. The van der Waals surface area contributed by atoms with Gasteiger partial charge in [0.25, 0.3) is 0 Å². The van der Waals surface area contributed by atoms with E-state index < -0.39 is 0 Å². The van der Waals surface area contributed by atoms with E-state index in [2.05, 4.69) is 20.9 Å². The maximum absolute atomic E-state index is 13.5. The third-order valence-corrected chi connectivity index (χ3v) is 4.51. The highest BCUT2D eigenvalue weighted by atomic mass is 79.9. The average Bonchev–Trinajstić information content (AvgIpc) is 2.62. The predicted molar refractivity (Wildman–Crippen MR) is 93.2 cm³/mol. The van der Waals surface area contributed by atoms with Crippen molar-refractivity contribution < 1.29 is 19.0 Å². The molecular formula is C19H11BrFNO3. The Morgan fingerprint density at radius 1 is 1.20 bits per heavy atom. The van der Waals surface area contributed by atoms with Gasteiger partial charge >= 0.3 is 0 Å². The molecule has 1 aliphatic rings. The maximum atomic E-state index is 13.5. The summed E-state index contributed by atoms with van der Waals surface area (Å²) < 4.78 is 19.8. The van der Waals surface area contributed by atoms with Crippen LogP contribution >= 0.6 is 15.9 Å². The van der Waals surface area contributed by atoms with Crippen molar-refractivity contribution >= 4 is 21.7 Å². The summed E-state index contributed by atoms with van der Waals surface area (Å²) in [5, 5.41) is 9.94. The van der Waals surface area contributed by atoms with E-state index >= 15 is 0 Å². The average molecular weight is 400 g/mol. The number of aromatic hydroxyl groups is 1. The second-order valence-electron chi connectivity index (χ2n) is 5.65. The fourth-order valence-corrected chi connectivity index (χ4v) is 3.16. The van der Waals surface area contributed by atoms with Gasteiger partial charge in [-0.05, 0) is 42.5 Å². The van der Waals surface area contributed by atoms with Crippen LogP contribution in [0.1, 0.15) is 21.5 Å². The number of hydrogen-bond donors (Lipinski definition) is 1. The summed E-state index contributed by atoms with van der Waals surface area (Å²) in [6.07, 6.45) is 1.43. The zero-order chi connectivity index (χ0) is 17.6. The van der Waals surface area contributed by atoms with Crippen molar-refractivity contribution in [3.63, 3.8) is 0 Å². The molecule has 0 saturated carbocycles. The minimum atomic E-state index is -0.379. The smallest absolute Gasteiger partial charge is 0.198 e. The molecule has 1 N–H and O–H groups in total. The highest BCUT2D eigenvalue weighted by molar-refractivity contribution is 9.10. The van der Waals surface area contributed by atoms with E-state index in [-0.39, 0.29) is 29.5 Å². The Morgan fingerprint density at radius 3 is 2.88 bits per heavy atom. The molecule has 3 aromatic rings. The van der Waals surface area contributed by atoms with Gasteiger partial charge in [0.05, 0.1) is 11.3 Å². The van der Waals surface area contributed by atoms with E-state index in [9.17, 15) is 14.3 Å². The van der Waals surface area contributed by atoms with Crippen LogP contribution in [0.3, 0.4) is 0 Å². The Morgan fingerprint density at radius 2 is 2.04 bits per heavy atom. The summed E-state index contributed by atoms with van der Waals surface area (Å²) in [5.41, 5.74) is 2.36. The standard InChI is InChI=1S/C19H11BrFNO3/c20-12-1-3-16(23)14(6-12)19(24)10-5-11-9-25-17-4-2-13(21)7-15(17)18(11)22-8-10/h1-8,23H,9H2. The van der Waals surface area contributed by atoms with Crippen molar-refractivity contribution in [1.82, 2.24) is 4.98 Å². The van der Waals surface area contributed by atoms with Gasteiger partial charge in [0.1, 0.15) is 23.9 Å². The number of fused-ring (bicyclic) bond motifs is 3. The molecule has 25 heavy (non-hydrogen) atoms. The van der Waals surface area contributed by atoms with E-state index in [1.54, 1.807) is 24.3 Å². The van der Waals surface area contributed by atoms with Crippen LogP contribution in [0.4, 0.5) is 4.39 Å². The van der Waals surface area contributed by atoms with Crippen LogP contribution in [-0.2, 0) is 6.61 Å². The molecule has 1 aliphatic heterocycles. The zero-order valence-corrected chi connectivity index (χ0v) is 14.4. The second kappa shape index (κ2) is 5.97. The van der Waals surface area contributed by atoms with Gasteiger partial charge in [0.15, 0.2) is 5.78 Å². The lowest BCUT2D eigenvalue weighted by atomic mass is 9.98. The van der Waals surface area contributed by atoms with Crippen molar-refractivity contribution in [2.24, 2.45) is 0 Å². The lowest BCUT2D eigenvalue weighted by Crippen LogP contribution is -2.10. The number of pyridine rings is 1. The SMILES string of the molecule is O=C(c1cnc2c(c1)COc1ccc(F)cc1-2)c1cc(Br)ccc1O. The van der Waals surface area contributed by atoms with Crippen molar-refractivity contribution in [2.45, 2.75) is 6.61 Å². The van der Waals surface area contributed by atoms with Gasteiger partial charge in [-0.25, -0.2) is 4.39 Å². The Balaban J connectivity index is 1.78. The summed E-state index contributed by atoms with van der Waals surface area (Å²) in [6, 6.07) is 10.6. The summed E-state index contributed by atoms with van der Waals surface area (Å²) in [7, 11) is 0. The minimum absolute atomic E-state index is 0.102. The van der Waals surface area contributed by atoms with E-state index in [1.165, 1.54) is 24.4 Å². The fraction of sp³-hybridized carbons (Fsp3) is 0.0526. The molecule has 0 spiro atoms. The molecule has 4 rings (SSSR count). The van der Waals surface area contributed by atoms with Crippen LogP contribution in [-0.4, -0.2) is 15.9 Å². The summed E-state index contributed by atoms with van der Waals surface area (Å²) in [6.45, 7) is 0.243. The van der Waals surface area contributed by atoms with Crippen molar-refractivity contribution in [2.75, 3.05) is 0 Å². The van der Waals surface area contributed by atoms with Gasteiger partial charge < -0.3 is 9.84 Å². The number of phenolic OH excluding ortho intramolecular Hbond substituents is 1. The largest absolute Gasteiger partial charge is 0.507 e. The molecule has 0 aliphatic carbocycles. The number of carbonyl (C=O) groups excluding carboxylic acids is 1. The summed E-state index contributed by atoms with van der Waals surface area (Å²) in [5.74, 6) is -0.268. The van der Waals surface area contributed by atoms with Crippen LogP contribution < -0.4 is 4.74 Å². The number of carbonyl (C=O) groups is 1. The number of benzene rings is 2. The van der Waals surface area contributed by atoms with Crippen LogP contribution in [0, 0.1) is 5.82 Å². The normalized spacial score (nSPS) is 12.1. The number of hydrogen-bond acceptors (Lipinski definition) is 4. The number of halogens is 2. The zero-order valence-electron chi connectivity index (χ0n) is 12.8. The summed E-state index contributed by atoms with van der Waals surface area (Å²) >= 11 is 3.29. The Hall–Kier alpha value is -2.73. The lowest BCUT2D eigenvalue weighted by molar-refractivity contribution is 0.103. The molecule has 0 fully saturated rings. The fourth-order valence-electron chi connectivity index (χ4n) is 2.80. The highest BCUT2D eigenvalue weighted by Gasteiger charge is 2.22. The molecule has 4 nitrogen and oxygen atoms in total. The number of rotatable bonds is 2. The third-order valence-electron chi connectivity index (χ3n) is 4.01. The van der Waals surface area contributed by atoms with Gasteiger partial charge in [-0.3, -0.25) is 9.78 Å². The molecule has 0 atom stereocenters. The second-order valence-corrected chi connectivity index (χ2v) is 6.57. The molecule has 0 saturated heterocycles. The van der Waals surface area contributed by atoms with E-state index in [1.807, 2.05) is 0 Å². The molecule has 2 heterocycles. The summed E-state index contributed by atoms with van der Waals surface area (Å²) in [4.78, 5) is 17.0. The number of aromatic nitrogens is 1. The minimum Gasteiger partial charge on any atom is -0.507 e. The van der Waals surface area contributed by atoms with Gasteiger partial charge in [-0.2, -0.15) is 0 Å². The quantitative estimate of drug-likeness (QED) is 0.645. The first-order valence-corrected chi connectivity index (χ1v) is 8.27. The molecule has 6 heteroatoms. The number of phenols is 1. The third kappa shape index (κ3) is 2.78. The lowest BCUT2D eigenvalue weighted by Gasteiger charge is -2.20. The van der Waals surface area contributed by atoms with Crippen LogP contribution in [0.15, 0.2) is 53.1 Å². The Bertz CT molecular complexity index is 1020. The van der Waals surface area contributed by atoms with Gasteiger partial charge in [-0.15, -0.1) is 0 Å². The van der Waals surface area contributed by atoms with E-state index in [0.29, 0.717) is 32.6 Å². The van der Waals surface area contributed by atoms with Gasteiger partial charge in [-0.1, -0.05) is 15.9 Å². The molecule has 0 unspecified atom stereocenters. The van der Waals surface area contributed by atoms with Crippen molar-refractivity contribution in [3.8, 4) is 22.8 Å².